The Balaban J connectivity index is 2.30. The average Bonchev–Trinajstić information content (AvgIpc) is 2.68. The first-order valence-corrected chi connectivity index (χ1v) is 11.7. The van der Waals surface area contributed by atoms with Crippen LogP contribution < -0.4 is 4.74 Å². The Hall–Kier alpha value is -1.09. The van der Waals surface area contributed by atoms with Crippen LogP contribution in [0.5, 0.6) is 5.75 Å². The highest BCUT2D eigenvalue weighted by atomic mass is 19.1. The van der Waals surface area contributed by atoms with E-state index in [1.165, 1.54) is 51.0 Å². The molecule has 0 aliphatic heterocycles. The molecule has 0 heterocycles. The maximum atomic E-state index is 14.5. The standard InChI is InChI=1S/C25H42FO2/c1-4-6-8-10-12-14-22(27)16-15-21(3)24-18-17-23(20-25(24)26)28-19-13-11-9-7-5-2/h17-18,20-22H,4-16,19H2,1-3H3. The summed E-state index contributed by atoms with van der Waals surface area (Å²) >= 11 is 0. The van der Waals surface area contributed by atoms with Crippen molar-refractivity contribution in [3.63, 3.8) is 0 Å². The van der Waals surface area contributed by atoms with E-state index in [0.717, 1.165) is 32.1 Å². The molecule has 0 saturated heterocycles. The van der Waals surface area contributed by atoms with Crippen LogP contribution in [0.2, 0.25) is 0 Å². The summed E-state index contributed by atoms with van der Waals surface area (Å²) < 4.78 is 20.1. The van der Waals surface area contributed by atoms with Crippen LogP contribution in [0.25, 0.3) is 0 Å². The summed E-state index contributed by atoms with van der Waals surface area (Å²) in [7, 11) is 0. The van der Waals surface area contributed by atoms with Crippen molar-refractivity contribution in [1.29, 1.82) is 0 Å². The predicted octanol–water partition coefficient (Wildman–Crippen LogP) is 8.22. The van der Waals surface area contributed by atoms with E-state index in [0.29, 0.717) is 24.3 Å². The number of hydrogen-bond donors (Lipinski definition) is 0. The van der Waals surface area contributed by atoms with E-state index < -0.39 is 6.10 Å². The largest absolute Gasteiger partial charge is 0.493 e. The highest BCUT2D eigenvalue weighted by molar-refractivity contribution is 5.30. The first-order valence-electron chi connectivity index (χ1n) is 11.7. The van der Waals surface area contributed by atoms with E-state index in [1.54, 1.807) is 0 Å². The van der Waals surface area contributed by atoms with Gasteiger partial charge in [-0.25, -0.2) is 9.50 Å². The van der Waals surface area contributed by atoms with E-state index >= 15 is 0 Å². The third-order valence-electron chi connectivity index (χ3n) is 5.57. The normalized spacial score (nSPS) is 13.5. The summed E-state index contributed by atoms with van der Waals surface area (Å²) in [4.78, 5) is 0. The summed E-state index contributed by atoms with van der Waals surface area (Å²) in [6.07, 6.45) is 13.5. The van der Waals surface area contributed by atoms with Crippen LogP contribution in [0.4, 0.5) is 4.39 Å². The molecule has 1 rings (SSSR count). The Morgan fingerprint density at radius 3 is 2.14 bits per heavy atom. The minimum atomic E-state index is -0.512. The lowest BCUT2D eigenvalue weighted by atomic mass is 9.93. The molecule has 0 aliphatic carbocycles. The lowest BCUT2D eigenvalue weighted by molar-refractivity contribution is 0.0680. The van der Waals surface area contributed by atoms with Gasteiger partial charge in [0.2, 0.25) is 0 Å². The van der Waals surface area contributed by atoms with Crippen molar-refractivity contribution in [2.24, 2.45) is 0 Å². The number of hydrogen-bond acceptors (Lipinski definition) is 1. The topological polar surface area (TPSA) is 29.1 Å². The molecule has 0 bridgehead atoms. The zero-order chi connectivity index (χ0) is 20.6. The van der Waals surface area contributed by atoms with Crippen molar-refractivity contribution in [1.82, 2.24) is 0 Å². The fraction of sp³-hybridized carbons (Fsp3) is 0.760. The van der Waals surface area contributed by atoms with Crippen LogP contribution in [-0.2, 0) is 5.11 Å². The molecule has 2 atom stereocenters. The van der Waals surface area contributed by atoms with E-state index in [2.05, 4.69) is 13.8 Å². The smallest absolute Gasteiger partial charge is 0.130 e. The van der Waals surface area contributed by atoms with Crippen LogP contribution >= 0.6 is 0 Å². The zero-order valence-corrected chi connectivity index (χ0v) is 18.5. The molecule has 1 radical (unpaired) electrons. The van der Waals surface area contributed by atoms with E-state index in [9.17, 15) is 9.50 Å². The average molecular weight is 394 g/mol. The maximum absolute atomic E-state index is 14.5. The summed E-state index contributed by atoms with van der Waals surface area (Å²) in [5, 5.41) is 12.1. The lowest BCUT2D eigenvalue weighted by Gasteiger charge is -2.16. The molecule has 0 amide bonds. The van der Waals surface area contributed by atoms with E-state index in [-0.39, 0.29) is 11.7 Å². The van der Waals surface area contributed by atoms with Gasteiger partial charge in [0.15, 0.2) is 0 Å². The van der Waals surface area contributed by atoms with Crippen molar-refractivity contribution in [3.05, 3.63) is 29.6 Å². The molecule has 0 aromatic heterocycles. The van der Waals surface area contributed by atoms with Crippen molar-refractivity contribution < 1.29 is 14.2 Å². The minimum Gasteiger partial charge on any atom is -0.493 e. The molecule has 3 heteroatoms. The van der Waals surface area contributed by atoms with Crippen molar-refractivity contribution in [2.45, 2.75) is 116 Å². The highest BCUT2D eigenvalue weighted by Crippen LogP contribution is 2.28. The molecule has 0 fully saturated rings. The Labute approximate surface area is 172 Å². The number of benzene rings is 1. The molecule has 161 valence electrons. The number of rotatable bonds is 17. The Bertz CT molecular complexity index is 503. The van der Waals surface area contributed by atoms with Gasteiger partial charge < -0.3 is 4.74 Å². The Kier molecular flexibility index (Phi) is 14.1. The van der Waals surface area contributed by atoms with Gasteiger partial charge in [-0.2, -0.15) is 0 Å². The zero-order valence-electron chi connectivity index (χ0n) is 18.5. The minimum absolute atomic E-state index is 0.0691. The Morgan fingerprint density at radius 1 is 0.857 bits per heavy atom. The van der Waals surface area contributed by atoms with Crippen LogP contribution in [0, 0.1) is 5.82 Å². The molecule has 0 saturated carbocycles. The molecule has 2 nitrogen and oxygen atoms in total. The molecule has 0 spiro atoms. The number of unbranched alkanes of at least 4 members (excludes halogenated alkanes) is 8. The second-order valence-corrected chi connectivity index (χ2v) is 8.25. The second-order valence-electron chi connectivity index (χ2n) is 8.25. The predicted molar refractivity (Wildman–Crippen MR) is 116 cm³/mol. The van der Waals surface area contributed by atoms with Gasteiger partial charge in [0.05, 0.1) is 12.7 Å². The van der Waals surface area contributed by atoms with Crippen LogP contribution in [0.1, 0.15) is 116 Å². The Morgan fingerprint density at radius 2 is 1.50 bits per heavy atom. The molecule has 0 aliphatic rings. The van der Waals surface area contributed by atoms with Gasteiger partial charge in [0.25, 0.3) is 0 Å². The molecule has 28 heavy (non-hydrogen) atoms. The molecule has 2 unspecified atom stereocenters. The fourth-order valence-corrected chi connectivity index (χ4v) is 3.60. The molecular weight excluding hydrogens is 351 g/mol. The summed E-state index contributed by atoms with van der Waals surface area (Å²) in [5.41, 5.74) is 0.699. The second kappa shape index (κ2) is 15.8. The third-order valence-corrected chi connectivity index (χ3v) is 5.57. The van der Waals surface area contributed by atoms with Gasteiger partial charge in [-0.15, -0.1) is 0 Å². The van der Waals surface area contributed by atoms with Gasteiger partial charge in [0.1, 0.15) is 11.6 Å². The summed E-state index contributed by atoms with van der Waals surface area (Å²) in [6.45, 7) is 7.06. The van der Waals surface area contributed by atoms with Gasteiger partial charge in [-0.3, -0.25) is 0 Å². The van der Waals surface area contributed by atoms with Gasteiger partial charge in [-0.1, -0.05) is 84.6 Å². The molecular formula is C25H42FO2. The highest BCUT2D eigenvalue weighted by Gasteiger charge is 2.15. The third kappa shape index (κ3) is 11.0. The lowest BCUT2D eigenvalue weighted by Crippen LogP contribution is -2.07. The van der Waals surface area contributed by atoms with E-state index in [4.69, 9.17) is 4.74 Å². The van der Waals surface area contributed by atoms with Gasteiger partial charge in [-0.05, 0) is 43.2 Å². The quantitative estimate of drug-likeness (QED) is 0.245. The first-order chi connectivity index (χ1) is 13.6. The monoisotopic (exact) mass is 393 g/mol. The summed E-state index contributed by atoms with van der Waals surface area (Å²) in [6, 6.07) is 5.20. The van der Waals surface area contributed by atoms with Crippen molar-refractivity contribution >= 4 is 0 Å². The van der Waals surface area contributed by atoms with Crippen molar-refractivity contribution in [3.8, 4) is 5.75 Å². The van der Waals surface area contributed by atoms with Gasteiger partial charge in [0, 0.05) is 6.07 Å². The van der Waals surface area contributed by atoms with E-state index in [1.807, 2.05) is 19.1 Å². The fourth-order valence-electron chi connectivity index (χ4n) is 3.60. The number of halogens is 1. The molecule has 1 aromatic carbocycles. The maximum Gasteiger partial charge on any atom is 0.130 e. The molecule has 1 aromatic rings. The van der Waals surface area contributed by atoms with Crippen LogP contribution in [0.3, 0.4) is 0 Å². The molecule has 0 N–H and O–H groups in total. The van der Waals surface area contributed by atoms with Crippen molar-refractivity contribution in [2.75, 3.05) is 6.61 Å². The van der Waals surface area contributed by atoms with Gasteiger partial charge >= 0.3 is 0 Å². The number of ether oxygens (including phenoxy) is 1. The van der Waals surface area contributed by atoms with Crippen LogP contribution in [0.15, 0.2) is 18.2 Å². The SMILES string of the molecule is CCCCCCCOc1ccc(C(C)CCC([O])CCCCCCC)c(F)c1. The van der Waals surface area contributed by atoms with Crippen LogP contribution in [-0.4, -0.2) is 12.7 Å². The first kappa shape index (κ1) is 24.9. The summed E-state index contributed by atoms with van der Waals surface area (Å²) in [5.74, 6) is 0.468.